The van der Waals surface area contributed by atoms with Gasteiger partial charge in [-0.2, -0.15) is 0 Å². The molecule has 1 aliphatic heterocycles. The second-order valence-electron chi connectivity index (χ2n) is 4.31. The van der Waals surface area contributed by atoms with Crippen molar-refractivity contribution in [3.8, 4) is 11.5 Å². The predicted octanol–water partition coefficient (Wildman–Crippen LogP) is 2.32. The van der Waals surface area contributed by atoms with E-state index in [-0.39, 0.29) is 12.2 Å². The maximum atomic E-state index is 12.0. The summed E-state index contributed by atoms with van der Waals surface area (Å²) < 4.78 is 10.8. The van der Waals surface area contributed by atoms with Gasteiger partial charge in [0.25, 0.3) is 0 Å². The van der Waals surface area contributed by atoms with Crippen molar-refractivity contribution >= 4 is 11.6 Å². The van der Waals surface area contributed by atoms with Crippen molar-refractivity contribution < 1.29 is 19.1 Å². The van der Waals surface area contributed by atoms with Crippen LogP contribution in [0.25, 0.3) is 0 Å². The second kappa shape index (κ2) is 5.21. The Bertz CT molecular complexity index is 491. The molecule has 1 heterocycles. The molecule has 96 valence electrons. The average molecular weight is 248 g/mol. The molecule has 0 saturated heterocycles. The first-order chi connectivity index (χ1) is 8.63. The van der Waals surface area contributed by atoms with E-state index in [0.29, 0.717) is 36.7 Å². The molecule has 4 nitrogen and oxygen atoms in total. The van der Waals surface area contributed by atoms with E-state index in [1.165, 1.54) is 0 Å². The zero-order chi connectivity index (χ0) is 13.1. The number of fused-ring (bicyclic) bond motifs is 1. The van der Waals surface area contributed by atoms with E-state index in [0.717, 1.165) is 5.56 Å². The fourth-order valence-corrected chi connectivity index (χ4v) is 1.93. The number of benzene rings is 1. The Balaban J connectivity index is 2.33. The highest BCUT2D eigenvalue weighted by Crippen LogP contribution is 2.33. The van der Waals surface area contributed by atoms with E-state index in [4.69, 9.17) is 9.47 Å². The lowest BCUT2D eigenvalue weighted by Crippen LogP contribution is -2.18. The van der Waals surface area contributed by atoms with Crippen molar-refractivity contribution in [1.29, 1.82) is 0 Å². The summed E-state index contributed by atoms with van der Waals surface area (Å²) in [7, 11) is 0. The Morgan fingerprint density at radius 1 is 1.17 bits per heavy atom. The van der Waals surface area contributed by atoms with Gasteiger partial charge in [-0.3, -0.25) is 9.59 Å². The van der Waals surface area contributed by atoms with E-state index < -0.39 is 5.78 Å². The van der Waals surface area contributed by atoms with Crippen LogP contribution in [-0.2, 0) is 4.79 Å². The van der Waals surface area contributed by atoms with Crippen LogP contribution in [0.4, 0.5) is 0 Å². The lowest BCUT2D eigenvalue weighted by molar-refractivity contribution is -0.115. The van der Waals surface area contributed by atoms with Crippen LogP contribution in [0.1, 0.15) is 35.7 Å². The quantitative estimate of drug-likeness (QED) is 0.606. The topological polar surface area (TPSA) is 52.6 Å². The molecule has 18 heavy (non-hydrogen) atoms. The third-order valence-electron chi connectivity index (χ3n) is 2.86. The molecule has 4 heteroatoms. The highest BCUT2D eigenvalue weighted by molar-refractivity contribution is 6.44. The Morgan fingerprint density at radius 3 is 2.39 bits per heavy atom. The Hall–Kier alpha value is -1.84. The normalized spacial score (nSPS) is 13.2. The minimum absolute atomic E-state index is 0.284. The molecule has 0 unspecified atom stereocenters. The van der Waals surface area contributed by atoms with Crippen molar-refractivity contribution in [2.45, 2.75) is 26.7 Å². The minimum atomic E-state index is -0.439. The standard InChI is InChI=1S/C14H16O4/c1-3-4-11(15)14(16)10-8-13-12(7-9(10)2)17-5-6-18-13/h7-8H,3-6H2,1-2H3. The smallest absolute Gasteiger partial charge is 0.228 e. The average Bonchev–Trinajstić information content (AvgIpc) is 2.37. The molecule has 0 atom stereocenters. The third-order valence-corrected chi connectivity index (χ3v) is 2.86. The van der Waals surface area contributed by atoms with E-state index >= 15 is 0 Å². The summed E-state index contributed by atoms with van der Waals surface area (Å²) in [6.45, 7) is 4.65. The van der Waals surface area contributed by atoms with Gasteiger partial charge in [0.2, 0.25) is 11.6 Å². The molecule has 0 bridgehead atoms. The van der Waals surface area contributed by atoms with Crippen molar-refractivity contribution in [3.63, 3.8) is 0 Å². The maximum Gasteiger partial charge on any atom is 0.228 e. The third kappa shape index (κ3) is 2.37. The van der Waals surface area contributed by atoms with Gasteiger partial charge in [0, 0.05) is 12.0 Å². The lowest BCUT2D eigenvalue weighted by atomic mass is 9.99. The first-order valence-electron chi connectivity index (χ1n) is 6.11. The summed E-state index contributed by atoms with van der Waals surface area (Å²) in [5.41, 5.74) is 1.16. The van der Waals surface area contributed by atoms with Crippen LogP contribution in [0.5, 0.6) is 11.5 Å². The van der Waals surface area contributed by atoms with Crippen molar-refractivity contribution in [2.75, 3.05) is 13.2 Å². The SMILES string of the molecule is CCCC(=O)C(=O)c1cc2c(cc1C)OCCO2. The van der Waals surface area contributed by atoms with Gasteiger partial charge >= 0.3 is 0 Å². The number of aryl methyl sites for hydroxylation is 1. The molecular formula is C14H16O4. The van der Waals surface area contributed by atoms with Gasteiger partial charge in [0.05, 0.1) is 0 Å². The Morgan fingerprint density at radius 2 is 1.78 bits per heavy atom. The lowest BCUT2D eigenvalue weighted by Gasteiger charge is -2.19. The first-order valence-corrected chi connectivity index (χ1v) is 6.11. The highest BCUT2D eigenvalue weighted by Gasteiger charge is 2.21. The largest absolute Gasteiger partial charge is 0.486 e. The van der Waals surface area contributed by atoms with Crippen molar-refractivity contribution in [3.05, 3.63) is 23.3 Å². The molecule has 0 aromatic heterocycles. The molecule has 0 amide bonds. The molecule has 0 aliphatic carbocycles. The first kappa shape index (κ1) is 12.6. The summed E-state index contributed by atoms with van der Waals surface area (Å²) in [6, 6.07) is 3.36. The number of carbonyl (C=O) groups is 2. The second-order valence-corrected chi connectivity index (χ2v) is 4.31. The summed E-state index contributed by atoms with van der Waals surface area (Å²) in [4.78, 5) is 23.6. The van der Waals surface area contributed by atoms with E-state index in [1.807, 2.05) is 6.92 Å². The summed E-state index contributed by atoms with van der Waals surface area (Å²) in [6.07, 6.45) is 0.959. The molecular weight excluding hydrogens is 232 g/mol. The van der Waals surface area contributed by atoms with Crippen LogP contribution >= 0.6 is 0 Å². The number of rotatable bonds is 4. The van der Waals surface area contributed by atoms with Gasteiger partial charge in [-0.1, -0.05) is 6.92 Å². The number of carbonyl (C=O) groups excluding carboxylic acids is 2. The van der Waals surface area contributed by atoms with Gasteiger partial charge in [-0.25, -0.2) is 0 Å². The molecule has 1 aromatic rings. The van der Waals surface area contributed by atoms with Crippen molar-refractivity contribution in [2.24, 2.45) is 0 Å². The van der Waals surface area contributed by atoms with Gasteiger partial charge in [0.15, 0.2) is 11.5 Å². The monoisotopic (exact) mass is 248 g/mol. The van der Waals surface area contributed by atoms with Gasteiger partial charge < -0.3 is 9.47 Å². The molecule has 2 rings (SSSR count). The number of ketones is 2. The number of ether oxygens (including phenoxy) is 2. The minimum Gasteiger partial charge on any atom is -0.486 e. The Labute approximate surface area is 106 Å². The van der Waals surface area contributed by atoms with Gasteiger partial charge in [0.1, 0.15) is 13.2 Å². The summed E-state index contributed by atoms with van der Waals surface area (Å²) in [5, 5.41) is 0. The fraction of sp³-hybridized carbons (Fsp3) is 0.429. The molecule has 0 N–H and O–H groups in total. The zero-order valence-electron chi connectivity index (χ0n) is 10.6. The van der Waals surface area contributed by atoms with Crippen LogP contribution in [0.15, 0.2) is 12.1 Å². The van der Waals surface area contributed by atoms with Crippen LogP contribution in [-0.4, -0.2) is 24.8 Å². The van der Waals surface area contributed by atoms with Crippen molar-refractivity contribution in [1.82, 2.24) is 0 Å². The molecule has 1 aromatic carbocycles. The molecule has 1 aliphatic rings. The molecule has 0 spiro atoms. The van der Waals surface area contributed by atoms with Crippen LogP contribution < -0.4 is 9.47 Å². The van der Waals surface area contributed by atoms with Crippen LogP contribution in [0.3, 0.4) is 0 Å². The van der Waals surface area contributed by atoms with E-state index in [9.17, 15) is 9.59 Å². The predicted molar refractivity (Wildman–Crippen MR) is 66.4 cm³/mol. The van der Waals surface area contributed by atoms with Crippen LogP contribution in [0.2, 0.25) is 0 Å². The highest BCUT2D eigenvalue weighted by atomic mass is 16.6. The summed E-state index contributed by atoms with van der Waals surface area (Å²) in [5.74, 6) is 0.390. The summed E-state index contributed by atoms with van der Waals surface area (Å²) >= 11 is 0. The molecule has 0 saturated carbocycles. The molecule has 0 radical (unpaired) electrons. The Kier molecular flexibility index (Phi) is 3.65. The van der Waals surface area contributed by atoms with Crippen LogP contribution in [0, 0.1) is 6.92 Å². The number of hydrogen-bond acceptors (Lipinski definition) is 4. The number of Topliss-reactive ketones (excluding diaryl/α,β-unsaturated/α-hetero) is 2. The maximum absolute atomic E-state index is 12.0. The van der Waals surface area contributed by atoms with Gasteiger partial charge in [-0.05, 0) is 31.0 Å². The number of hydrogen-bond donors (Lipinski definition) is 0. The van der Waals surface area contributed by atoms with E-state index in [1.54, 1.807) is 19.1 Å². The van der Waals surface area contributed by atoms with E-state index in [2.05, 4.69) is 0 Å². The fourth-order valence-electron chi connectivity index (χ4n) is 1.93. The zero-order valence-corrected chi connectivity index (χ0v) is 10.6. The molecule has 0 fully saturated rings. The van der Waals surface area contributed by atoms with Gasteiger partial charge in [-0.15, -0.1) is 0 Å².